The molecule has 88 heavy (non-hydrogen) atoms. The lowest BCUT2D eigenvalue weighted by atomic mass is 9.72. The summed E-state index contributed by atoms with van der Waals surface area (Å²) >= 11 is 0. The van der Waals surface area contributed by atoms with Gasteiger partial charge in [-0.25, -0.2) is 4.79 Å². The van der Waals surface area contributed by atoms with E-state index < -0.39 is 150 Å². The normalized spacial score (nSPS) is 24.8. The molecule has 474 valence electrons. The Bertz CT molecular complexity index is 3240. The van der Waals surface area contributed by atoms with Gasteiger partial charge in [0.2, 0.25) is 41.2 Å². The van der Waals surface area contributed by atoms with Gasteiger partial charge in [0.25, 0.3) is 5.91 Å². The van der Waals surface area contributed by atoms with Crippen molar-refractivity contribution in [1.82, 2.24) is 36.4 Å². The molecular formula is C59H72N8O21. The summed E-state index contributed by atoms with van der Waals surface area (Å²) in [5.41, 5.74) is -3.38. The summed E-state index contributed by atoms with van der Waals surface area (Å²) in [6.45, 7) is 5.55. The Morgan fingerprint density at radius 3 is 2.22 bits per heavy atom. The molecule has 11 atom stereocenters. The molecule has 0 saturated carbocycles. The number of likely N-dealkylation sites (tertiary alicyclic amines) is 1. The van der Waals surface area contributed by atoms with Gasteiger partial charge >= 0.3 is 6.09 Å². The largest absolute Gasteiger partial charge is 0.507 e. The van der Waals surface area contributed by atoms with Gasteiger partial charge in [-0.05, 0) is 43.5 Å². The molecule has 3 aromatic rings. The van der Waals surface area contributed by atoms with Gasteiger partial charge in [0.15, 0.2) is 24.6 Å². The summed E-state index contributed by atoms with van der Waals surface area (Å²) in [6.07, 6.45) is -6.96. The van der Waals surface area contributed by atoms with Crippen molar-refractivity contribution in [3.05, 3.63) is 81.4 Å². The van der Waals surface area contributed by atoms with E-state index in [1.807, 2.05) is 0 Å². The molecule has 0 radical (unpaired) electrons. The Balaban J connectivity index is 0.776. The maximum absolute atomic E-state index is 14.3. The minimum atomic E-state index is -2.43. The molecule has 8 amide bonds. The second-order valence-electron chi connectivity index (χ2n) is 22.6. The van der Waals surface area contributed by atoms with Gasteiger partial charge in [0.05, 0.1) is 49.2 Å². The number of aliphatic hydroxyl groups excluding tert-OH is 1. The van der Waals surface area contributed by atoms with Gasteiger partial charge in [0.1, 0.15) is 53.7 Å². The number of aliphatic hydroxyl groups is 2. The van der Waals surface area contributed by atoms with Crippen LogP contribution in [0.25, 0.3) is 0 Å². The maximum atomic E-state index is 14.3. The van der Waals surface area contributed by atoms with Crippen LogP contribution in [-0.2, 0) is 75.0 Å². The summed E-state index contributed by atoms with van der Waals surface area (Å²) in [5, 5.41) is 61.7. The van der Waals surface area contributed by atoms with E-state index in [4.69, 9.17) is 33.2 Å². The molecule has 0 aromatic heterocycles. The van der Waals surface area contributed by atoms with Gasteiger partial charge in [0, 0.05) is 100 Å². The number of nitrogens with zero attached hydrogens (tertiary/aromatic N) is 2. The summed E-state index contributed by atoms with van der Waals surface area (Å²) in [5.74, 6) is -7.86. The van der Waals surface area contributed by atoms with Crippen molar-refractivity contribution in [2.45, 2.75) is 140 Å². The second kappa shape index (κ2) is 27.1. The molecular weight excluding hydrogens is 1160 g/mol. The molecule has 29 nitrogen and oxygen atoms in total. The number of hydrogen-bond donors (Lipinski definition) is 10. The number of phenols is 2. The minimum Gasteiger partial charge on any atom is -0.507 e. The van der Waals surface area contributed by atoms with Crippen LogP contribution in [0.3, 0.4) is 0 Å². The van der Waals surface area contributed by atoms with Crippen molar-refractivity contribution in [2.24, 2.45) is 5.92 Å². The first-order valence-corrected chi connectivity index (χ1v) is 28.9. The second-order valence-corrected chi connectivity index (χ2v) is 22.6. The van der Waals surface area contributed by atoms with E-state index in [-0.39, 0.29) is 104 Å². The molecule has 10 N–H and O–H groups in total. The van der Waals surface area contributed by atoms with E-state index in [1.54, 1.807) is 20.8 Å². The summed E-state index contributed by atoms with van der Waals surface area (Å²) < 4.78 is 41.2. The Morgan fingerprint density at radius 2 is 1.53 bits per heavy atom. The number of anilines is 1. The van der Waals surface area contributed by atoms with Gasteiger partial charge in [-0.1, -0.05) is 38.1 Å². The number of alkyl carbamates (subject to hydrolysis) is 1. The van der Waals surface area contributed by atoms with E-state index in [0.29, 0.717) is 24.4 Å². The average Bonchev–Trinajstić information content (AvgIpc) is 0.957. The highest BCUT2D eigenvalue weighted by molar-refractivity contribution is 6.31. The van der Waals surface area contributed by atoms with Gasteiger partial charge in [-0.15, -0.1) is 0 Å². The molecule has 3 aromatic carbocycles. The minimum absolute atomic E-state index is 0.0483. The zero-order valence-corrected chi connectivity index (χ0v) is 49.2. The predicted octanol–water partition coefficient (Wildman–Crippen LogP) is -0.207. The number of benzene rings is 3. The number of carbonyl (C=O) groups excluding carboxylic acids is 10. The first kappa shape index (κ1) is 64.3. The Hall–Kier alpha value is -8.16. The summed E-state index contributed by atoms with van der Waals surface area (Å²) in [6, 6.07) is 6.50. The molecule has 2 aliphatic carbocycles. The number of nitrogens with one attached hydrogen (secondary N) is 6. The standard InChI is InChI=1S/C59H72N8O21/c1-27(2)46(65-38(69)16-19-67-39(70)14-15-40(67)71)54(78)62-28(3)52(76)63-31-12-10-30(11-13-31)26-85-58(80)64-34(25-68)53(77)60-17-18-61-57(79)59(81)23-33-43(50(75)45-44(48(33)73)47(72)32-8-7-9-36(82-5)42(32)49(45)74)37(24-59)87-41-22-35-51(29(4)86-41)88-55-56(83-6)84-21-20-66(35)55/h7-13,27-29,34-35,37,41,46,51,55-56,68,73,75,81H,14-26H2,1-6H3,(H,60,77)(H,61,79)(H,62,78)(H,63,76)(H,64,80)(H,65,69)/t28-,29-,34+,35-,37-,41-,46-,51+,55+,56-,59?/m0/s1. The molecule has 1 unspecified atom stereocenters. The maximum Gasteiger partial charge on any atom is 0.408 e. The summed E-state index contributed by atoms with van der Waals surface area (Å²) in [4.78, 5) is 134. The Kier molecular flexibility index (Phi) is 19.8. The number of ether oxygens (including phenoxy) is 7. The van der Waals surface area contributed by atoms with E-state index >= 15 is 0 Å². The van der Waals surface area contributed by atoms with Crippen LogP contribution >= 0.6 is 0 Å². The molecule has 4 aliphatic heterocycles. The number of methoxy groups -OCH3 is 2. The zero-order valence-electron chi connectivity index (χ0n) is 49.2. The number of imide groups is 1. The third kappa shape index (κ3) is 13.3. The van der Waals surface area contributed by atoms with Crippen LogP contribution < -0.4 is 36.6 Å². The van der Waals surface area contributed by atoms with E-state index in [9.17, 15) is 68.4 Å². The van der Waals surface area contributed by atoms with Crippen molar-refractivity contribution >= 4 is 64.7 Å². The van der Waals surface area contributed by atoms with Crippen molar-refractivity contribution in [1.29, 1.82) is 0 Å². The van der Waals surface area contributed by atoms with Gasteiger partial charge in [-0.3, -0.25) is 53.0 Å². The SMILES string of the molecule is COc1cccc2c1C(=O)c1c(O)c3c(c(O)c1C2=O)CC(O)(C(=O)NCCNC(=O)[C@@H](CO)NC(=O)OCc1ccc(NC(=O)[C@H](C)NC(=O)[C@@H](NC(=O)CCN2C(=O)CCC2=O)C(C)C)cc1)C[C@@H]3O[C@H]1C[C@H]2[C@H](O[C@@H]3[C@@H](OC)OCCN32)[C@H](C)O1. The number of fused-ring (bicyclic) bond motifs is 6. The molecule has 9 rings (SSSR count). The van der Waals surface area contributed by atoms with Crippen LogP contribution in [0.2, 0.25) is 0 Å². The fourth-order valence-electron chi connectivity index (χ4n) is 11.8. The third-order valence-electron chi connectivity index (χ3n) is 16.4. The molecule has 0 bridgehead atoms. The number of phenolic OH excluding ortho intramolecular Hbond substituents is 2. The molecule has 0 spiro atoms. The lowest BCUT2D eigenvalue weighted by molar-refractivity contribution is -0.256. The van der Waals surface area contributed by atoms with Crippen LogP contribution in [0.15, 0.2) is 42.5 Å². The zero-order chi connectivity index (χ0) is 63.5. The Morgan fingerprint density at radius 1 is 0.830 bits per heavy atom. The first-order chi connectivity index (χ1) is 42.0. The highest BCUT2D eigenvalue weighted by atomic mass is 16.7. The number of hydrogen-bond acceptors (Lipinski definition) is 22. The van der Waals surface area contributed by atoms with Crippen LogP contribution in [0, 0.1) is 5.92 Å². The lowest BCUT2D eigenvalue weighted by Crippen LogP contribution is -2.55. The highest BCUT2D eigenvalue weighted by Gasteiger charge is 2.55. The monoisotopic (exact) mass is 1230 g/mol. The number of carbonyl (C=O) groups is 10. The predicted molar refractivity (Wildman–Crippen MR) is 302 cm³/mol. The number of amides is 8. The molecule has 4 fully saturated rings. The molecule has 4 saturated heterocycles. The van der Waals surface area contributed by atoms with Crippen LogP contribution in [0.4, 0.5) is 10.5 Å². The van der Waals surface area contributed by atoms with Crippen molar-refractivity contribution < 1.29 is 102 Å². The quantitative estimate of drug-likeness (QED) is 0.0276. The smallest absolute Gasteiger partial charge is 0.408 e. The van der Waals surface area contributed by atoms with Crippen LogP contribution in [0.1, 0.15) is 114 Å². The first-order valence-electron chi connectivity index (χ1n) is 28.9. The number of rotatable bonds is 22. The topological polar surface area (TPSA) is 395 Å². The average molecular weight is 1230 g/mol. The molecule has 4 heterocycles. The van der Waals surface area contributed by atoms with E-state index in [0.717, 1.165) is 4.90 Å². The number of morpholine rings is 1. The third-order valence-corrected chi connectivity index (χ3v) is 16.4. The molecule has 6 aliphatic rings. The number of ketones is 2. The van der Waals surface area contributed by atoms with E-state index in [1.165, 1.54) is 63.6 Å². The van der Waals surface area contributed by atoms with Crippen molar-refractivity contribution in [2.75, 3.05) is 58.9 Å². The number of aromatic hydroxyl groups is 2. The Labute approximate surface area is 504 Å². The fourth-order valence-corrected chi connectivity index (χ4v) is 11.8. The fraction of sp³-hybridized carbons (Fsp3) is 0.525. The van der Waals surface area contributed by atoms with Crippen LogP contribution in [-0.4, -0.2) is 204 Å². The van der Waals surface area contributed by atoms with Gasteiger partial charge < -0.3 is 85.5 Å². The van der Waals surface area contributed by atoms with E-state index in [2.05, 4.69) is 36.8 Å². The highest BCUT2D eigenvalue weighted by Crippen LogP contribution is 2.53. The molecule has 29 heteroatoms. The summed E-state index contributed by atoms with van der Waals surface area (Å²) in [7, 11) is 2.81. The van der Waals surface area contributed by atoms with Gasteiger partial charge in [-0.2, -0.15) is 0 Å². The lowest BCUT2D eigenvalue weighted by Gasteiger charge is -2.43. The van der Waals surface area contributed by atoms with Crippen LogP contribution in [0.5, 0.6) is 17.2 Å². The van der Waals surface area contributed by atoms with Crippen molar-refractivity contribution in [3.63, 3.8) is 0 Å². The van der Waals surface area contributed by atoms with Crippen molar-refractivity contribution in [3.8, 4) is 17.2 Å².